The number of nitrogens with zero attached hydrogens (tertiary/aromatic N) is 2. The molecule has 1 rings (SSSR count). The van der Waals surface area contributed by atoms with Gasteiger partial charge in [-0.25, -0.2) is 4.98 Å². The summed E-state index contributed by atoms with van der Waals surface area (Å²) in [6, 6.07) is 0.529. The largest absolute Gasteiger partial charge is 0.335 e. The van der Waals surface area contributed by atoms with Gasteiger partial charge in [-0.2, -0.15) is 11.8 Å². The summed E-state index contributed by atoms with van der Waals surface area (Å²) in [6.07, 6.45) is 6.25. The summed E-state index contributed by atoms with van der Waals surface area (Å²) < 4.78 is 2.23. The summed E-state index contributed by atoms with van der Waals surface area (Å²) in [6.45, 7) is 10.9. The maximum Gasteiger partial charge on any atom is 0.110 e. The second-order valence-electron chi connectivity index (χ2n) is 4.64. The van der Waals surface area contributed by atoms with Gasteiger partial charge in [-0.15, -0.1) is 0 Å². The van der Waals surface area contributed by atoms with Gasteiger partial charge in [0.25, 0.3) is 0 Å². The van der Waals surface area contributed by atoms with Crippen molar-refractivity contribution >= 4 is 11.8 Å². The predicted octanol–water partition coefficient (Wildman–Crippen LogP) is 2.96. The van der Waals surface area contributed by atoms with Gasteiger partial charge in [0, 0.05) is 42.4 Å². The maximum atomic E-state index is 4.47. The minimum absolute atomic E-state index is 0.529. The van der Waals surface area contributed by atoms with Crippen LogP contribution in [0.5, 0.6) is 0 Å². The van der Waals surface area contributed by atoms with Gasteiger partial charge >= 0.3 is 0 Å². The van der Waals surface area contributed by atoms with E-state index in [0.717, 1.165) is 24.8 Å². The van der Waals surface area contributed by atoms with E-state index in [1.165, 1.54) is 18.0 Å². The molecule has 0 amide bonds. The van der Waals surface area contributed by atoms with Gasteiger partial charge in [0.15, 0.2) is 0 Å². The van der Waals surface area contributed by atoms with Crippen molar-refractivity contribution in [2.75, 3.05) is 12.3 Å². The van der Waals surface area contributed by atoms with E-state index >= 15 is 0 Å². The monoisotopic (exact) mass is 269 g/mol. The molecule has 0 spiro atoms. The molecule has 2 atom stereocenters. The smallest absolute Gasteiger partial charge is 0.110 e. The quantitative estimate of drug-likeness (QED) is 0.747. The van der Waals surface area contributed by atoms with Gasteiger partial charge in [0.1, 0.15) is 5.82 Å². The Labute approximate surface area is 116 Å². The van der Waals surface area contributed by atoms with Crippen LogP contribution in [0.4, 0.5) is 0 Å². The maximum absolute atomic E-state index is 4.47. The molecular formula is C14H27N3S. The summed E-state index contributed by atoms with van der Waals surface area (Å²) in [7, 11) is 0. The molecule has 0 saturated heterocycles. The Morgan fingerprint density at radius 3 is 2.78 bits per heavy atom. The highest BCUT2D eigenvalue weighted by Crippen LogP contribution is 2.16. The normalized spacial score (nSPS) is 14.7. The molecule has 104 valence electrons. The van der Waals surface area contributed by atoms with Crippen molar-refractivity contribution in [1.82, 2.24) is 14.9 Å². The molecule has 0 aliphatic rings. The van der Waals surface area contributed by atoms with Crippen LogP contribution in [0.25, 0.3) is 0 Å². The molecule has 0 saturated carbocycles. The average Bonchev–Trinajstić information content (AvgIpc) is 2.83. The fourth-order valence-corrected chi connectivity index (χ4v) is 2.95. The zero-order valence-corrected chi connectivity index (χ0v) is 13.0. The molecule has 1 aromatic heterocycles. The molecule has 18 heavy (non-hydrogen) atoms. The van der Waals surface area contributed by atoms with Gasteiger partial charge in [-0.3, -0.25) is 0 Å². The van der Waals surface area contributed by atoms with Crippen LogP contribution < -0.4 is 5.32 Å². The summed E-state index contributed by atoms with van der Waals surface area (Å²) in [5.41, 5.74) is 0. The number of aromatic nitrogens is 2. The fourth-order valence-electron chi connectivity index (χ4n) is 1.92. The molecule has 1 N–H and O–H groups in total. The third-order valence-corrected chi connectivity index (χ3v) is 4.72. The van der Waals surface area contributed by atoms with Gasteiger partial charge in [0.2, 0.25) is 0 Å². The topological polar surface area (TPSA) is 29.9 Å². The molecule has 2 unspecified atom stereocenters. The molecule has 0 aliphatic carbocycles. The first-order chi connectivity index (χ1) is 8.71. The molecule has 3 nitrogen and oxygen atoms in total. The van der Waals surface area contributed by atoms with Crippen molar-refractivity contribution in [3.63, 3.8) is 0 Å². The lowest BCUT2D eigenvalue weighted by Gasteiger charge is -2.19. The van der Waals surface area contributed by atoms with E-state index < -0.39 is 0 Å². The number of imidazole rings is 1. The highest BCUT2D eigenvalue weighted by atomic mass is 32.2. The summed E-state index contributed by atoms with van der Waals surface area (Å²) >= 11 is 2.06. The first-order valence-electron chi connectivity index (χ1n) is 7.06. The molecule has 0 fully saturated rings. The number of aryl methyl sites for hydroxylation is 1. The van der Waals surface area contributed by atoms with Crippen molar-refractivity contribution in [2.45, 2.75) is 58.4 Å². The van der Waals surface area contributed by atoms with Crippen molar-refractivity contribution in [3.8, 4) is 0 Å². The molecular weight excluding hydrogens is 242 g/mol. The zero-order valence-electron chi connectivity index (χ0n) is 12.1. The van der Waals surface area contributed by atoms with Gasteiger partial charge in [-0.05, 0) is 19.9 Å². The van der Waals surface area contributed by atoms with Gasteiger partial charge in [0.05, 0.1) is 0 Å². The van der Waals surface area contributed by atoms with Crippen LogP contribution in [-0.4, -0.2) is 33.1 Å². The third-order valence-electron chi connectivity index (χ3n) is 3.22. The van der Waals surface area contributed by atoms with E-state index in [1.54, 1.807) is 0 Å². The number of hydrogen-bond acceptors (Lipinski definition) is 3. The molecule has 0 aromatic carbocycles. The molecule has 0 radical (unpaired) electrons. The number of thioether (sulfide) groups is 1. The van der Waals surface area contributed by atoms with E-state index in [9.17, 15) is 0 Å². The highest BCUT2D eigenvalue weighted by Gasteiger charge is 2.13. The first-order valence-corrected chi connectivity index (χ1v) is 8.11. The predicted molar refractivity (Wildman–Crippen MR) is 81.3 cm³/mol. The molecule has 1 heterocycles. The van der Waals surface area contributed by atoms with Crippen LogP contribution in [0.2, 0.25) is 0 Å². The van der Waals surface area contributed by atoms with Crippen molar-refractivity contribution in [3.05, 3.63) is 18.2 Å². The van der Waals surface area contributed by atoms with E-state index in [4.69, 9.17) is 0 Å². The van der Waals surface area contributed by atoms with Crippen LogP contribution in [0, 0.1) is 0 Å². The SMILES string of the molecule is CCNC(CSC(C)CC)Cc1nccn1CC. The Hall–Kier alpha value is -0.480. The van der Waals surface area contributed by atoms with E-state index in [1.807, 2.05) is 6.20 Å². The number of hydrogen-bond donors (Lipinski definition) is 1. The number of rotatable bonds is 9. The molecule has 1 aromatic rings. The number of nitrogens with one attached hydrogen (secondary N) is 1. The Bertz CT molecular complexity index is 325. The van der Waals surface area contributed by atoms with Crippen LogP contribution in [0.1, 0.15) is 39.9 Å². The minimum Gasteiger partial charge on any atom is -0.335 e. The molecule has 0 aliphatic heterocycles. The summed E-state index contributed by atoms with van der Waals surface area (Å²) in [5.74, 6) is 2.37. The second kappa shape index (κ2) is 8.59. The standard InChI is InChI=1S/C14H27N3S/c1-5-12(4)18-11-13(15-6-2)10-14-16-8-9-17(14)7-3/h8-9,12-13,15H,5-7,10-11H2,1-4H3. The van der Waals surface area contributed by atoms with Gasteiger partial charge < -0.3 is 9.88 Å². The van der Waals surface area contributed by atoms with Crippen LogP contribution in [0.15, 0.2) is 12.4 Å². The Balaban J connectivity index is 2.51. The Kier molecular flexibility index (Phi) is 7.44. The third kappa shape index (κ3) is 5.02. The average molecular weight is 269 g/mol. The Morgan fingerprint density at radius 2 is 2.17 bits per heavy atom. The van der Waals surface area contributed by atoms with Gasteiger partial charge in [-0.1, -0.05) is 20.8 Å². The summed E-state index contributed by atoms with van der Waals surface area (Å²) in [5, 5.41) is 4.32. The molecule has 0 bridgehead atoms. The van der Waals surface area contributed by atoms with E-state index in [-0.39, 0.29) is 0 Å². The summed E-state index contributed by atoms with van der Waals surface area (Å²) in [4.78, 5) is 4.47. The lowest BCUT2D eigenvalue weighted by atomic mass is 10.2. The van der Waals surface area contributed by atoms with E-state index in [2.05, 4.69) is 60.5 Å². The lowest BCUT2D eigenvalue weighted by Crippen LogP contribution is -2.34. The van der Waals surface area contributed by atoms with Crippen LogP contribution in [-0.2, 0) is 13.0 Å². The fraction of sp³-hybridized carbons (Fsp3) is 0.786. The Morgan fingerprint density at radius 1 is 1.39 bits per heavy atom. The van der Waals surface area contributed by atoms with E-state index in [0.29, 0.717) is 6.04 Å². The lowest BCUT2D eigenvalue weighted by molar-refractivity contribution is 0.541. The van der Waals surface area contributed by atoms with Crippen molar-refractivity contribution in [2.24, 2.45) is 0 Å². The number of likely N-dealkylation sites (N-methyl/N-ethyl adjacent to an activating group) is 1. The van der Waals surface area contributed by atoms with Crippen LogP contribution in [0.3, 0.4) is 0 Å². The van der Waals surface area contributed by atoms with Crippen molar-refractivity contribution in [1.29, 1.82) is 0 Å². The van der Waals surface area contributed by atoms with Crippen molar-refractivity contribution < 1.29 is 0 Å². The van der Waals surface area contributed by atoms with Crippen LogP contribution >= 0.6 is 11.8 Å². The minimum atomic E-state index is 0.529. The molecule has 4 heteroatoms. The first kappa shape index (κ1) is 15.6. The zero-order chi connectivity index (χ0) is 13.4. The second-order valence-corrected chi connectivity index (χ2v) is 6.11. The highest BCUT2D eigenvalue weighted by molar-refractivity contribution is 7.99.